The minimum absolute atomic E-state index is 0.123. The van der Waals surface area contributed by atoms with E-state index in [-0.39, 0.29) is 17.2 Å². The van der Waals surface area contributed by atoms with Crippen molar-refractivity contribution in [3.63, 3.8) is 0 Å². The van der Waals surface area contributed by atoms with Crippen LogP contribution in [0.15, 0.2) is 54.6 Å². The van der Waals surface area contributed by atoms with E-state index < -0.39 is 5.91 Å². The normalized spacial score (nSPS) is 10.9. The number of amides is 2. The van der Waals surface area contributed by atoms with E-state index >= 15 is 0 Å². The number of carbonyl (C=O) groups is 2. The van der Waals surface area contributed by atoms with Gasteiger partial charge in [-0.1, -0.05) is 82.9 Å². The van der Waals surface area contributed by atoms with Crippen LogP contribution in [0.25, 0.3) is 10.8 Å². The van der Waals surface area contributed by atoms with Crippen molar-refractivity contribution in [2.45, 2.75) is 78.1 Å². The van der Waals surface area contributed by atoms with Crippen molar-refractivity contribution < 1.29 is 19.4 Å². The van der Waals surface area contributed by atoms with E-state index in [1.54, 1.807) is 48.5 Å². The fourth-order valence-electron chi connectivity index (χ4n) is 4.57. The Balaban J connectivity index is 1.53. The summed E-state index contributed by atoms with van der Waals surface area (Å²) in [5.74, 6) is -0.146. The lowest BCUT2D eigenvalue weighted by Crippen LogP contribution is -2.24. The quantitative estimate of drug-likeness (QED) is 0.169. The molecule has 0 aliphatic carbocycles. The predicted octanol–water partition coefficient (Wildman–Crippen LogP) is 7.85. The van der Waals surface area contributed by atoms with Gasteiger partial charge in [0.25, 0.3) is 11.8 Å². The number of aromatic hydroxyl groups is 1. The maximum Gasteiger partial charge on any atom is 0.259 e. The highest BCUT2D eigenvalue weighted by molar-refractivity contribution is 6.09. The van der Waals surface area contributed by atoms with E-state index in [1.807, 2.05) is 13.0 Å². The Morgan fingerprint density at radius 3 is 2.16 bits per heavy atom. The molecule has 0 spiro atoms. The zero-order chi connectivity index (χ0) is 27.2. The predicted molar refractivity (Wildman–Crippen MR) is 155 cm³/mol. The van der Waals surface area contributed by atoms with Gasteiger partial charge in [-0.15, -0.1) is 0 Å². The number of unbranched alkanes of at least 4 members (excludes halogenated alkanes) is 9. The standard InChI is InChI=1S/C32H42N2O4/c1-3-5-6-7-8-9-10-11-12-15-20-33-31(36)25-19-18-24-23-29(35)27(22-26(24)21-25)32(37)34-28-16-13-14-17-30(28)38-4-2/h13-14,16-19,21-23,35H,3-12,15,20H2,1-2H3,(H,33,36)(H,34,37). The van der Waals surface area contributed by atoms with Crippen LogP contribution in [0.5, 0.6) is 11.5 Å². The number of phenolic OH excluding ortho intramolecular Hbond substituents is 1. The van der Waals surface area contributed by atoms with Gasteiger partial charge in [-0.2, -0.15) is 0 Å². The Kier molecular flexibility index (Phi) is 12.0. The minimum Gasteiger partial charge on any atom is -0.507 e. The lowest BCUT2D eigenvalue weighted by molar-refractivity contribution is 0.0952. The van der Waals surface area contributed by atoms with Crippen LogP contribution in [-0.2, 0) is 0 Å². The third-order valence-electron chi connectivity index (χ3n) is 6.71. The number of ether oxygens (including phenoxy) is 1. The molecule has 0 atom stereocenters. The zero-order valence-electron chi connectivity index (χ0n) is 22.9. The van der Waals surface area contributed by atoms with E-state index in [0.29, 0.717) is 35.5 Å². The average Bonchev–Trinajstić information content (AvgIpc) is 2.92. The molecule has 0 radical (unpaired) electrons. The molecule has 0 aliphatic rings. The number of carbonyl (C=O) groups excluding carboxylic acids is 2. The zero-order valence-corrected chi connectivity index (χ0v) is 22.9. The van der Waals surface area contributed by atoms with Crippen LogP contribution in [-0.4, -0.2) is 30.1 Å². The lowest BCUT2D eigenvalue weighted by atomic mass is 10.0. The van der Waals surface area contributed by atoms with Crippen LogP contribution in [0.4, 0.5) is 5.69 Å². The fourth-order valence-corrected chi connectivity index (χ4v) is 4.57. The summed E-state index contributed by atoms with van der Waals surface area (Å²) in [6.07, 6.45) is 12.6. The number of hydrogen-bond acceptors (Lipinski definition) is 4. The maximum absolute atomic E-state index is 13.0. The van der Waals surface area contributed by atoms with Crippen molar-refractivity contribution in [2.24, 2.45) is 0 Å². The fraction of sp³-hybridized carbons (Fsp3) is 0.438. The first kappa shape index (κ1) is 29.0. The first-order valence-electron chi connectivity index (χ1n) is 14.1. The SMILES string of the molecule is CCCCCCCCCCCCNC(=O)c1ccc2cc(O)c(C(=O)Nc3ccccc3OCC)cc2c1. The molecule has 38 heavy (non-hydrogen) atoms. The second-order valence-corrected chi connectivity index (χ2v) is 9.75. The van der Waals surface area contributed by atoms with Gasteiger partial charge in [0.1, 0.15) is 11.5 Å². The first-order chi connectivity index (χ1) is 18.5. The molecule has 0 heterocycles. The van der Waals surface area contributed by atoms with Crippen LogP contribution in [0.1, 0.15) is 98.8 Å². The third-order valence-corrected chi connectivity index (χ3v) is 6.71. The van der Waals surface area contributed by atoms with Gasteiger partial charge in [-0.25, -0.2) is 0 Å². The molecule has 0 saturated heterocycles. The Morgan fingerprint density at radius 2 is 1.45 bits per heavy atom. The highest BCUT2D eigenvalue weighted by Gasteiger charge is 2.16. The molecule has 204 valence electrons. The van der Waals surface area contributed by atoms with Gasteiger partial charge < -0.3 is 20.5 Å². The number of anilines is 1. The Hall–Kier alpha value is -3.54. The smallest absolute Gasteiger partial charge is 0.259 e. The Labute approximate surface area is 226 Å². The molecule has 0 saturated carbocycles. The van der Waals surface area contributed by atoms with Crippen molar-refractivity contribution in [1.82, 2.24) is 5.32 Å². The largest absolute Gasteiger partial charge is 0.507 e. The topological polar surface area (TPSA) is 87.7 Å². The van der Waals surface area contributed by atoms with Crippen LogP contribution >= 0.6 is 0 Å². The summed E-state index contributed by atoms with van der Waals surface area (Å²) in [4.78, 5) is 25.7. The molecule has 6 nitrogen and oxygen atoms in total. The van der Waals surface area contributed by atoms with Crippen LogP contribution < -0.4 is 15.4 Å². The highest BCUT2D eigenvalue weighted by Crippen LogP contribution is 2.29. The molecule has 3 aromatic rings. The molecule has 2 amide bonds. The van der Waals surface area contributed by atoms with Crippen LogP contribution in [0.3, 0.4) is 0 Å². The third kappa shape index (κ3) is 8.79. The summed E-state index contributed by atoms with van der Waals surface area (Å²) in [7, 11) is 0. The molecule has 3 aromatic carbocycles. The van der Waals surface area contributed by atoms with Crippen LogP contribution in [0, 0.1) is 0 Å². The van der Waals surface area contributed by atoms with Gasteiger partial charge in [0.05, 0.1) is 17.9 Å². The summed E-state index contributed by atoms with van der Waals surface area (Å²) in [6.45, 7) is 5.24. The summed E-state index contributed by atoms with van der Waals surface area (Å²) in [5, 5.41) is 17.8. The van der Waals surface area contributed by atoms with Gasteiger partial charge in [-0.05, 0) is 60.5 Å². The monoisotopic (exact) mass is 518 g/mol. The van der Waals surface area contributed by atoms with E-state index in [0.717, 1.165) is 18.2 Å². The average molecular weight is 519 g/mol. The molecule has 0 bridgehead atoms. The summed E-state index contributed by atoms with van der Waals surface area (Å²) >= 11 is 0. The number of phenols is 1. The number of nitrogens with one attached hydrogen (secondary N) is 2. The van der Waals surface area contributed by atoms with E-state index in [4.69, 9.17) is 4.74 Å². The van der Waals surface area contributed by atoms with Gasteiger partial charge in [0.15, 0.2) is 0 Å². The lowest BCUT2D eigenvalue weighted by Gasteiger charge is -2.13. The van der Waals surface area contributed by atoms with Gasteiger partial charge >= 0.3 is 0 Å². The molecule has 0 unspecified atom stereocenters. The summed E-state index contributed by atoms with van der Waals surface area (Å²) < 4.78 is 5.58. The van der Waals surface area contributed by atoms with E-state index in [9.17, 15) is 14.7 Å². The molecule has 0 fully saturated rings. The van der Waals surface area contributed by atoms with Crippen molar-refractivity contribution in [3.05, 3.63) is 65.7 Å². The van der Waals surface area contributed by atoms with Gasteiger partial charge in [0.2, 0.25) is 0 Å². The van der Waals surface area contributed by atoms with Gasteiger partial charge in [0, 0.05) is 12.1 Å². The number of benzene rings is 3. The van der Waals surface area contributed by atoms with E-state index in [2.05, 4.69) is 17.6 Å². The van der Waals surface area contributed by atoms with Crippen molar-refractivity contribution >= 4 is 28.3 Å². The van der Waals surface area contributed by atoms with Crippen molar-refractivity contribution in [3.8, 4) is 11.5 Å². The number of fused-ring (bicyclic) bond motifs is 1. The summed E-state index contributed by atoms with van der Waals surface area (Å²) in [6, 6.07) is 15.6. The molecule has 0 aliphatic heterocycles. The molecule has 3 rings (SSSR count). The molecule has 6 heteroatoms. The molecule has 0 aromatic heterocycles. The number of rotatable bonds is 16. The van der Waals surface area contributed by atoms with Crippen molar-refractivity contribution in [1.29, 1.82) is 0 Å². The highest BCUT2D eigenvalue weighted by atomic mass is 16.5. The molecular formula is C32H42N2O4. The second-order valence-electron chi connectivity index (χ2n) is 9.75. The number of para-hydroxylation sites is 2. The molecular weight excluding hydrogens is 476 g/mol. The van der Waals surface area contributed by atoms with Crippen molar-refractivity contribution in [2.75, 3.05) is 18.5 Å². The Morgan fingerprint density at radius 1 is 0.763 bits per heavy atom. The van der Waals surface area contributed by atoms with E-state index in [1.165, 1.54) is 51.4 Å². The van der Waals surface area contributed by atoms with Gasteiger partial charge in [-0.3, -0.25) is 9.59 Å². The second kappa shape index (κ2) is 15.7. The molecule has 3 N–H and O–H groups in total. The summed E-state index contributed by atoms with van der Waals surface area (Å²) in [5.41, 5.74) is 1.19. The minimum atomic E-state index is -0.452. The van der Waals surface area contributed by atoms with Crippen LogP contribution in [0.2, 0.25) is 0 Å². The Bertz CT molecular complexity index is 1190. The first-order valence-corrected chi connectivity index (χ1v) is 14.1. The maximum atomic E-state index is 13.0. The number of hydrogen-bond donors (Lipinski definition) is 3.